The van der Waals surface area contributed by atoms with Gasteiger partial charge in [0, 0.05) is 13.1 Å². The van der Waals surface area contributed by atoms with Gasteiger partial charge < -0.3 is 15.4 Å². The van der Waals surface area contributed by atoms with Crippen LogP contribution in [-0.4, -0.2) is 29.7 Å². The number of carbonyl (C=O) groups is 1. The summed E-state index contributed by atoms with van der Waals surface area (Å²) in [5.74, 6) is -0.292. The topological polar surface area (TPSA) is 55.6 Å². The molecular formula is C15H23FN2O2. The zero-order valence-electron chi connectivity index (χ0n) is 12.4. The van der Waals surface area contributed by atoms with Gasteiger partial charge in [-0.1, -0.05) is 12.1 Å². The number of hydrogen-bond acceptors (Lipinski definition) is 3. The van der Waals surface area contributed by atoms with Crippen LogP contribution < -0.4 is 5.73 Å². The van der Waals surface area contributed by atoms with Gasteiger partial charge in [0.25, 0.3) is 0 Å². The van der Waals surface area contributed by atoms with Crippen LogP contribution >= 0.6 is 0 Å². The van der Waals surface area contributed by atoms with E-state index in [1.165, 1.54) is 12.1 Å². The third-order valence-corrected chi connectivity index (χ3v) is 2.57. The summed E-state index contributed by atoms with van der Waals surface area (Å²) in [6, 6.07) is 6.08. The number of carbonyl (C=O) groups excluding carboxylic acids is 1. The number of nitrogens with zero attached hydrogens (tertiary/aromatic N) is 1. The molecule has 112 valence electrons. The minimum absolute atomic E-state index is 0.292. The van der Waals surface area contributed by atoms with Crippen molar-refractivity contribution in [3.05, 3.63) is 35.6 Å². The van der Waals surface area contributed by atoms with Crippen LogP contribution in [0.3, 0.4) is 0 Å². The van der Waals surface area contributed by atoms with Crippen molar-refractivity contribution in [1.29, 1.82) is 0 Å². The zero-order valence-corrected chi connectivity index (χ0v) is 12.4. The first-order valence-electron chi connectivity index (χ1n) is 6.74. The number of ether oxygens (including phenoxy) is 1. The third-order valence-electron chi connectivity index (χ3n) is 2.57. The fourth-order valence-corrected chi connectivity index (χ4v) is 1.65. The molecule has 0 aliphatic carbocycles. The van der Waals surface area contributed by atoms with E-state index in [0.29, 0.717) is 26.1 Å². The van der Waals surface area contributed by atoms with E-state index < -0.39 is 5.60 Å². The highest BCUT2D eigenvalue weighted by Gasteiger charge is 2.21. The minimum Gasteiger partial charge on any atom is -0.444 e. The second-order valence-corrected chi connectivity index (χ2v) is 5.67. The molecule has 0 heterocycles. The lowest BCUT2D eigenvalue weighted by atomic mass is 10.2. The Morgan fingerprint density at radius 2 is 1.90 bits per heavy atom. The van der Waals surface area contributed by atoms with Crippen molar-refractivity contribution in [3.8, 4) is 0 Å². The molecule has 2 N–H and O–H groups in total. The highest BCUT2D eigenvalue weighted by Crippen LogP contribution is 2.13. The van der Waals surface area contributed by atoms with Gasteiger partial charge in [-0.2, -0.15) is 0 Å². The van der Waals surface area contributed by atoms with Crippen molar-refractivity contribution in [2.45, 2.75) is 39.3 Å². The molecular weight excluding hydrogens is 259 g/mol. The Labute approximate surface area is 119 Å². The zero-order chi connectivity index (χ0) is 15.2. The fraction of sp³-hybridized carbons (Fsp3) is 0.533. The molecule has 0 aliphatic heterocycles. The van der Waals surface area contributed by atoms with Crippen molar-refractivity contribution in [3.63, 3.8) is 0 Å². The van der Waals surface area contributed by atoms with Crippen LogP contribution in [0.5, 0.6) is 0 Å². The van der Waals surface area contributed by atoms with E-state index in [0.717, 1.165) is 5.56 Å². The molecule has 1 aromatic carbocycles. The van der Waals surface area contributed by atoms with Crippen LogP contribution in [0.2, 0.25) is 0 Å². The van der Waals surface area contributed by atoms with E-state index in [2.05, 4.69) is 0 Å². The van der Waals surface area contributed by atoms with Crippen LogP contribution in [0.25, 0.3) is 0 Å². The lowest BCUT2D eigenvalue weighted by Gasteiger charge is -2.27. The van der Waals surface area contributed by atoms with Crippen molar-refractivity contribution in [2.24, 2.45) is 5.73 Å². The SMILES string of the molecule is CC(C)(C)OC(=O)N(CCCN)Cc1ccc(F)cc1. The number of amides is 1. The number of benzene rings is 1. The Morgan fingerprint density at radius 3 is 2.40 bits per heavy atom. The van der Waals surface area contributed by atoms with E-state index in [1.54, 1.807) is 17.0 Å². The van der Waals surface area contributed by atoms with Gasteiger partial charge in [0.1, 0.15) is 11.4 Å². The predicted molar refractivity (Wildman–Crippen MR) is 76.7 cm³/mol. The Balaban J connectivity index is 2.73. The standard InChI is InChI=1S/C15H23FN2O2/c1-15(2,3)20-14(19)18(10-4-9-17)11-12-5-7-13(16)8-6-12/h5-8H,4,9-11,17H2,1-3H3. The quantitative estimate of drug-likeness (QED) is 0.903. The molecule has 0 aliphatic rings. The van der Waals surface area contributed by atoms with Gasteiger partial charge >= 0.3 is 6.09 Å². The average molecular weight is 282 g/mol. The third kappa shape index (κ3) is 6.02. The second-order valence-electron chi connectivity index (χ2n) is 5.67. The van der Waals surface area contributed by atoms with E-state index in [9.17, 15) is 9.18 Å². The van der Waals surface area contributed by atoms with Gasteiger partial charge in [-0.3, -0.25) is 0 Å². The summed E-state index contributed by atoms with van der Waals surface area (Å²) in [5, 5.41) is 0. The van der Waals surface area contributed by atoms with Crippen molar-refractivity contribution >= 4 is 6.09 Å². The molecule has 1 rings (SSSR count). The smallest absolute Gasteiger partial charge is 0.410 e. The summed E-state index contributed by atoms with van der Waals surface area (Å²) in [4.78, 5) is 13.7. The number of nitrogens with two attached hydrogens (primary N) is 1. The summed E-state index contributed by atoms with van der Waals surface area (Å²) in [7, 11) is 0. The molecule has 5 heteroatoms. The molecule has 0 bridgehead atoms. The Morgan fingerprint density at radius 1 is 1.30 bits per heavy atom. The van der Waals surface area contributed by atoms with Crippen LogP contribution in [0.15, 0.2) is 24.3 Å². The van der Waals surface area contributed by atoms with E-state index in [-0.39, 0.29) is 11.9 Å². The maximum atomic E-state index is 12.9. The Kier molecular flexibility index (Phi) is 5.95. The van der Waals surface area contributed by atoms with Gasteiger partial charge in [0.05, 0.1) is 0 Å². The second kappa shape index (κ2) is 7.24. The average Bonchev–Trinajstić information content (AvgIpc) is 2.34. The summed E-state index contributed by atoms with van der Waals surface area (Å²) >= 11 is 0. The molecule has 0 spiro atoms. The van der Waals surface area contributed by atoms with Crippen LogP contribution in [-0.2, 0) is 11.3 Å². The molecule has 1 aromatic rings. The maximum Gasteiger partial charge on any atom is 0.410 e. The lowest BCUT2D eigenvalue weighted by molar-refractivity contribution is 0.0232. The minimum atomic E-state index is -0.541. The largest absolute Gasteiger partial charge is 0.444 e. The molecule has 0 unspecified atom stereocenters. The van der Waals surface area contributed by atoms with E-state index >= 15 is 0 Å². The van der Waals surface area contributed by atoms with Crippen LogP contribution in [0, 0.1) is 5.82 Å². The van der Waals surface area contributed by atoms with Gasteiger partial charge in [-0.15, -0.1) is 0 Å². The molecule has 0 atom stereocenters. The molecule has 0 saturated carbocycles. The summed E-state index contributed by atoms with van der Waals surface area (Å²) < 4.78 is 18.3. The Bertz CT molecular complexity index is 426. The van der Waals surface area contributed by atoms with E-state index in [1.807, 2.05) is 20.8 Å². The molecule has 0 radical (unpaired) electrons. The summed E-state index contributed by atoms with van der Waals surface area (Å²) in [5.41, 5.74) is 5.80. The van der Waals surface area contributed by atoms with Crippen molar-refractivity contribution < 1.29 is 13.9 Å². The summed E-state index contributed by atoms with van der Waals surface area (Å²) in [6.45, 7) is 6.87. The van der Waals surface area contributed by atoms with Crippen molar-refractivity contribution in [2.75, 3.05) is 13.1 Å². The van der Waals surface area contributed by atoms with Gasteiger partial charge in [0.2, 0.25) is 0 Å². The highest BCUT2D eigenvalue weighted by molar-refractivity contribution is 5.68. The number of rotatable bonds is 5. The monoisotopic (exact) mass is 282 g/mol. The first-order chi connectivity index (χ1) is 9.31. The van der Waals surface area contributed by atoms with Crippen molar-refractivity contribution in [1.82, 2.24) is 4.90 Å². The highest BCUT2D eigenvalue weighted by atomic mass is 19.1. The first-order valence-corrected chi connectivity index (χ1v) is 6.74. The van der Waals surface area contributed by atoms with Gasteiger partial charge in [-0.05, 0) is 51.4 Å². The molecule has 0 fully saturated rings. The Hall–Kier alpha value is -1.62. The van der Waals surface area contributed by atoms with Crippen LogP contribution in [0.4, 0.5) is 9.18 Å². The van der Waals surface area contributed by atoms with E-state index in [4.69, 9.17) is 10.5 Å². The molecule has 0 aromatic heterocycles. The maximum absolute atomic E-state index is 12.9. The number of hydrogen-bond donors (Lipinski definition) is 1. The number of halogens is 1. The fourth-order valence-electron chi connectivity index (χ4n) is 1.65. The molecule has 4 nitrogen and oxygen atoms in total. The first kappa shape index (κ1) is 16.4. The predicted octanol–water partition coefficient (Wildman–Crippen LogP) is 2.91. The molecule has 0 saturated heterocycles. The molecule has 1 amide bonds. The summed E-state index contributed by atoms with van der Waals surface area (Å²) in [6.07, 6.45) is 0.316. The van der Waals surface area contributed by atoms with Gasteiger partial charge in [-0.25, -0.2) is 9.18 Å². The van der Waals surface area contributed by atoms with Crippen LogP contribution in [0.1, 0.15) is 32.8 Å². The molecule has 20 heavy (non-hydrogen) atoms. The normalized spacial score (nSPS) is 11.2. The lowest BCUT2D eigenvalue weighted by Crippen LogP contribution is -2.37. The van der Waals surface area contributed by atoms with Gasteiger partial charge in [0.15, 0.2) is 0 Å².